The van der Waals surface area contributed by atoms with Crippen molar-refractivity contribution in [3.05, 3.63) is 12.3 Å². The Balaban J connectivity index is 2.31. The van der Waals surface area contributed by atoms with Crippen LogP contribution in [0.25, 0.3) is 0 Å². The predicted molar refractivity (Wildman–Crippen MR) is 68.5 cm³/mol. The van der Waals surface area contributed by atoms with Gasteiger partial charge in [0, 0.05) is 25.2 Å². The van der Waals surface area contributed by atoms with E-state index in [2.05, 4.69) is 5.10 Å². The Morgan fingerprint density at radius 3 is 2.89 bits per heavy atom. The summed E-state index contributed by atoms with van der Waals surface area (Å²) in [7, 11) is -3.46. The lowest BCUT2D eigenvalue weighted by atomic mass is 10.0. The molecule has 102 valence electrons. The summed E-state index contributed by atoms with van der Waals surface area (Å²) in [5.74, 6) is 0. The van der Waals surface area contributed by atoms with Gasteiger partial charge in [0.1, 0.15) is 0 Å². The smallest absolute Gasteiger partial charge is 0.260 e. The Hall–Kier alpha value is -0.920. The van der Waals surface area contributed by atoms with Crippen LogP contribution < -0.4 is 5.73 Å². The van der Waals surface area contributed by atoms with E-state index in [0.717, 1.165) is 0 Å². The summed E-state index contributed by atoms with van der Waals surface area (Å²) < 4.78 is 28.2. The molecule has 1 aromatic rings. The Labute approximate surface area is 108 Å². The van der Waals surface area contributed by atoms with Gasteiger partial charge in [-0.1, -0.05) is 0 Å². The highest BCUT2D eigenvalue weighted by Crippen LogP contribution is 2.24. The third kappa shape index (κ3) is 2.30. The molecule has 0 spiro atoms. The fourth-order valence-electron chi connectivity index (χ4n) is 2.44. The number of hydrogen-bond donors (Lipinski definition) is 1. The van der Waals surface area contributed by atoms with Crippen molar-refractivity contribution in [3.8, 4) is 0 Å². The maximum Gasteiger partial charge on any atom is 0.260 e. The van der Waals surface area contributed by atoms with Crippen molar-refractivity contribution in [1.82, 2.24) is 14.1 Å². The number of piperidine rings is 1. The highest BCUT2D eigenvalue weighted by atomic mass is 32.2. The fourth-order valence-corrected chi connectivity index (χ4v) is 4.26. The molecule has 1 aliphatic heterocycles. The second-order valence-electron chi connectivity index (χ2n) is 4.73. The monoisotopic (exact) mass is 272 g/mol. The van der Waals surface area contributed by atoms with E-state index >= 15 is 0 Å². The normalized spacial score (nSPS) is 26.4. The number of aryl methyl sites for hydroxylation is 1. The molecule has 1 fully saturated rings. The molecule has 2 atom stereocenters. The molecule has 2 N–H and O–H groups in total. The molecule has 0 aromatic carbocycles. The van der Waals surface area contributed by atoms with Crippen LogP contribution >= 0.6 is 0 Å². The summed E-state index contributed by atoms with van der Waals surface area (Å²) >= 11 is 0. The summed E-state index contributed by atoms with van der Waals surface area (Å²) in [6.07, 6.45) is 2.94. The molecule has 2 heterocycles. The van der Waals surface area contributed by atoms with Gasteiger partial charge in [0.05, 0.1) is 6.20 Å². The number of sulfonamides is 1. The molecule has 7 heteroatoms. The summed E-state index contributed by atoms with van der Waals surface area (Å²) in [4.78, 5) is 0. The fraction of sp³-hybridized carbons (Fsp3) is 0.727. The first-order valence-electron chi connectivity index (χ1n) is 6.26. The maximum absolute atomic E-state index is 12.6. The molecule has 0 amide bonds. The van der Waals surface area contributed by atoms with Gasteiger partial charge in [0.2, 0.25) is 0 Å². The summed E-state index contributed by atoms with van der Waals surface area (Å²) in [6, 6.07) is 1.60. The standard InChI is InChI=1S/C11H20N4O2S/c1-3-14-11(4-6-13-14)18(16,17)15-7-5-10(12)8-9(15)2/h4,6,9-10H,3,5,7-8,12H2,1-2H3/t9-,10-/m1/s1. The van der Waals surface area contributed by atoms with E-state index in [9.17, 15) is 8.42 Å². The van der Waals surface area contributed by atoms with Crippen LogP contribution in [0.3, 0.4) is 0 Å². The average molecular weight is 272 g/mol. The van der Waals surface area contributed by atoms with E-state index < -0.39 is 10.0 Å². The van der Waals surface area contributed by atoms with Gasteiger partial charge in [-0.15, -0.1) is 0 Å². The van der Waals surface area contributed by atoms with Gasteiger partial charge < -0.3 is 5.73 Å². The van der Waals surface area contributed by atoms with Gasteiger partial charge in [-0.05, 0) is 32.8 Å². The Bertz CT molecular complexity index is 511. The van der Waals surface area contributed by atoms with Crippen LogP contribution in [-0.2, 0) is 16.6 Å². The molecule has 1 saturated heterocycles. The van der Waals surface area contributed by atoms with Gasteiger partial charge in [-0.2, -0.15) is 9.40 Å². The molecule has 1 aliphatic rings. The van der Waals surface area contributed by atoms with E-state index in [1.807, 2.05) is 13.8 Å². The second kappa shape index (κ2) is 4.99. The van der Waals surface area contributed by atoms with Crippen LogP contribution in [0, 0.1) is 0 Å². The first-order valence-corrected chi connectivity index (χ1v) is 7.70. The molecular weight excluding hydrogens is 252 g/mol. The number of nitrogens with zero attached hydrogens (tertiary/aromatic N) is 3. The molecule has 0 aliphatic carbocycles. The van der Waals surface area contributed by atoms with Crippen molar-refractivity contribution >= 4 is 10.0 Å². The van der Waals surface area contributed by atoms with Crippen molar-refractivity contribution in [1.29, 1.82) is 0 Å². The maximum atomic E-state index is 12.6. The van der Waals surface area contributed by atoms with Crippen LogP contribution in [0.2, 0.25) is 0 Å². The van der Waals surface area contributed by atoms with E-state index in [4.69, 9.17) is 5.73 Å². The quantitative estimate of drug-likeness (QED) is 0.863. The number of nitrogens with two attached hydrogens (primary N) is 1. The van der Waals surface area contributed by atoms with Crippen molar-refractivity contribution in [2.75, 3.05) is 6.54 Å². The SMILES string of the molecule is CCn1nccc1S(=O)(=O)N1CC[C@@H](N)C[C@H]1C. The molecule has 0 unspecified atom stereocenters. The number of hydrogen-bond acceptors (Lipinski definition) is 4. The Kier molecular flexibility index (Phi) is 3.74. The van der Waals surface area contributed by atoms with E-state index in [-0.39, 0.29) is 17.1 Å². The van der Waals surface area contributed by atoms with Gasteiger partial charge in [0.25, 0.3) is 10.0 Å². The minimum absolute atomic E-state index is 0.0565. The zero-order valence-electron chi connectivity index (χ0n) is 10.8. The van der Waals surface area contributed by atoms with E-state index in [1.165, 1.54) is 10.9 Å². The van der Waals surface area contributed by atoms with Crippen LogP contribution in [-0.4, -0.2) is 41.1 Å². The third-order valence-electron chi connectivity index (χ3n) is 3.41. The lowest BCUT2D eigenvalue weighted by Crippen LogP contribution is -2.48. The first-order chi connectivity index (χ1) is 8.46. The van der Waals surface area contributed by atoms with Crippen LogP contribution in [0.1, 0.15) is 26.7 Å². The topological polar surface area (TPSA) is 81.2 Å². The van der Waals surface area contributed by atoms with Crippen molar-refractivity contribution < 1.29 is 8.42 Å². The van der Waals surface area contributed by atoms with Crippen LogP contribution in [0.4, 0.5) is 0 Å². The summed E-state index contributed by atoms with van der Waals surface area (Å²) in [5.41, 5.74) is 5.87. The third-order valence-corrected chi connectivity index (χ3v) is 5.44. The molecule has 2 rings (SSSR count). The number of aromatic nitrogens is 2. The zero-order chi connectivity index (χ0) is 13.3. The molecule has 18 heavy (non-hydrogen) atoms. The highest BCUT2D eigenvalue weighted by molar-refractivity contribution is 7.89. The van der Waals surface area contributed by atoms with Crippen molar-refractivity contribution in [2.24, 2.45) is 5.73 Å². The van der Waals surface area contributed by atoms with Gasteiger partial charge in [-0.3, -0.25) is 4.68 Å². The second-order valence-corrected chi connectivity index (χ2v) is 6.57. The van der Waals surface area contributed by atoms with Crippen LogP contribution in [0.15, 0.2) is 17.3 Å². The highest BCUT2D eigenvalue weighted by Gasteiger charge is 2.35. The van der Waals surface area contributed by atoms with Gasteiger partial charge in [0.15, 0.2) is 5.03 Å². The van der Waals surface area contributed by atoms with Crippen molar-refractivity contribution in [3.63, 3.8) is 0 Å². The largest absolute Gasteiger partial charge is 0.328 e. The van der Waals surface area contributed by atoms with Crippen molar-refractivity contribution in [2.45, 2.75) is 50.3 Å². The predicted octanol–water partition coefficient (Wildman–Crippen LogP) is 0.403. The number of rotatable bonds is 3. The Morgan fingerprint density at radius 2 is 2.28 bits per heavy atom. The van der Waals surface area contributed by atoms with Crippen LogP contribution in [0.5, 0.6) is 0 Å². The average Bonchev–Trinajstić information content (AvgIpc) is 2.76. The molecule has 0 bridgehead atoms. The van der Waals surface area contributed by atoms with Gasteiger partial charge in [-0.25, -0.2) is 8.42 Å². The summed E-state index contributed by atoms with van der Waals surface area (Å²) in [6.45, 7) is 4.81. The molecule has 0 saturated carbocycles. The molecular formula is C11H20N4O2S. The van der Waals surface area contributed by atoms with Gasteiger partial charge >= 0.3 is 0 Å². The lowest BCUT2D eigenvalue weighted by molar-refractivity contribution is 0.245. The molecule has 6 nitrogen and oxygen atoms in total. The Morgan fingerprint density at radius 1 is 1.56 bits per heavy atom. The minimum atomic E-state index is -3.46. The first kappa shape index (κ1) is 13.5. The lowest BCUT2D eigenvalue weighted by Gasteiger charge is -2.35. The van der Waals surface area contributed by atoms with E-state index in [0.29, 0.717) is 25.9 Å². The minimum Gasteiger partial charge on any atom is -0.328 e. The zero-order valence-corrected chi connectivity index (χ0v) is 11.6. The molecule has 1 aromatic heterocycles. The van der Waals surface area contributed by atoms with E-state index in [1.54, 1.807) is 10.4 Å². The molecule has 0 radical (unpaired) electrons. The summed E-state index contributed by atoms with van der Waals surface area (Å²) in [5, 5.41) is 4.29.